The number of nitrogens with zero attached hydrogens (tertiary/aromatic N) is 1. The smallest absolute Gasteiger partial charge is 0.243 e. The van der Waals surface area contributed by atoms with Crippen molar-refractivity contribution >= 4 is 23.2 Å². The monoisotopic (exact) mass is 333 g/mol. The first kappa shape index (κ1) is 17.2. The fourth-order valence-corrected chi connectivity index (χ4v) is 2.15. The van der Waals surface area contributed by atoms with E-state index < -0.39 is 6.04 Å². The SMILES string of the molecule is CC(C)C[C@H](N)C(=O)Nc1cccnc1Oc1ccc(Cl)cc1. The minimum absolute atomic E-state index is 0.257. The van der Waals surface area contributed by atoms with E-state index in [-0.39, 0.29) is 5.91 Å². The molecule has 1 atom stereocenters. The Morgan fingerprint density at radius 1 is 1.30 bits per heavy atom. The van der Waals surface area contributed by atoms with Gasteiger partial charge in [0.15, 0.2) is 0 Å². The van der Waals surface area contributed by atoms with Crippen LogP contribution in [0.2, 0.25) is 5.02 Å². The standard InChI is InChI=1S/C17H20ClN3O2/c1-11(2)10-14(19)16(22)21-15-4-3-9-20-17(15)23-13-7-5-12(18)6-8-13/h3-9,11,14H,10,19H2,1-2H3,(H,21,22)/t14-/m0/s1. The number of halogens is 1. The van der Waals surface area contributed by atoms with Gasteiger partial charge in [-0.15, -0.1) is 0 Å². The predicted molar refractivity (Wildman–Crippen MR) is 91.8 cm³/mol. The van der Waals surface area contributed by atoms with Crippen LogP contribution in [0.3, 0.4) is 0 Å². The van der Waals surface area contributed by atoms with E-state index >= 15 is 0 Å². The number of carbonyl (C=O) groups excluding carboxylic acids is 1. The molecule has 3 N–H and O–H groups in total. The molecule has 0 saturated heterocycles. The summed E-state index contributed by atoms with van der Waals surface area (Å²) in [6.07, 6.45) is 2.20. The summed E-state index contributed by atoms with van der Waals surface area (Å²) in [6, 6.07) is 9.77. The van der Waals surface area contributed by atoms with Crippen LogP contribution in [0.5, 0.6) is 11.6 Å². The molecule has 0 radical (unpaired) electrons. The van der Waals surface area contributed by atoms with E-state index in [1.54, 1.807) is 42.6 Å². The third-order valence-corrected chi connectivity index (χ3v) is 3.37. The fraction of sp³-hybridized carbons (Fsp3) is 0.294. The van der Waals surface area contributed by atoms with Gasteiger partial charge in [-0.1, -0.05) is 25.4 Å². The van der Waals surface area contributed by atoms with Crippen LogP contribution in [0.1, 0.15) is 20.3 Å². The van der Waals surface area contributed by atoms with E-state index in [0.29, 0.717) is 34.7 Å². The number of anilines is 1. The first-order valence-corrected chi connectivity index (χ1v) is 7.78. The molecule has 0 aliphatic carbocycles. The molecule has 0 aliphatic heterocycles. The molecule has 1 heterocycles. The summed E-state index contributed by atoms with van der Waals surface area (Å²) >= 11 is 5.85. The van der Waals surface area contributed by atoms with Crippen molar-refractivity contribution in [2.45, 2.75) is 26.3 Å². The van der Waals surface area contributed by atoms with Crippen molar-refractivity contribution in [1.82, 2.24) is 4.98 Å². The quantitative estimate of drug-likeness (QED) is 0.842. The first-order chi connectivity index (χ1) is 11.0. The van der Waals surface area contributed by atoms with Crippen molar-refractivity contribution in [3.8, 4) is 11.6 Å². The average molecular weight is 334 g/mol. The highest BCUT2D eigenvalue weighted by molar-refractivity contribution is 6.30. The zero-order chi connectivity index (χ0) is 16.8. The Labute approximate surface area is 140 Å². The molecule has 0 spiro atoms. The molecule has 6 heteroatoms. The normalized spacial score (nSPS) is 12.0. The highest BCUT2D eigenvalue weighted by Gasteiger charge is 2.17. The van der Waals surface area contributed by atoms with Crippen molar-refractivity contribution in [2.24, 2.45) is 11.7 Å². The number of benzene rings is 1. The van der Waals surface area contributed by atoms with Gasteiger partial charge in [-0.05, 0) is 48.7 Å². The molecular weight excluding hydrogens is 314 g/mol. The lowest BCUT2D eigenvalue weighted by molar-refractivity contribution is -0.117. The minimum Gasteiger partial charge on any atom is -0.437 e. The Morgan fingerprint density at radius 2 is 2.00 bits per heavy atom. The Bertz CT molecular complexity index is 659. The topological polar surface area (TPSA) is 77.2 Å². The van der Waals surface area contributed by atoms with Crippen LogP contribution in [0.25, 0.3) is 0 Å². The van der Waals surface area contributed by atoms with Gasteiger partial charge in [0.1, 0.15) is 11.4 Å². The maximum Gasteiger partial charge on any atom is 0.243 e. The van der Waals surface area contributed by atoms with Crippen LogP contribution >= 0.6 is 11.6 Å². The van der Waals surface area contributed by atoms with Gasteiger partial charge in [0.05, 0.1) is 6.04 Å². The third kappa shape index (κ3) is 5.23. The molecule has 2 aromatic rings. The van der Waals surface area contributed by atoms with E-state index in [2.05, 4.69) is 10.3 Å². The van der Waals surface area contributed by atoms with Crippen LogP contribution in [-0.4, -0.2) is 16.9 Å². The van der Waals surface area contributed by atoms with Gasteiger partial charge in [0.25, 0.3) is 0 Å². The summed E-state index contributed by atoms with van der Waals surface area (Å²) in [5.41, 5.74) is 6.38. The number of hydrogen-bond donors (Lipinski definition) is 2. The molecule has 5 nitrogen and oxygen atoms in total. The number of nitrogens with two attached hydrogens (primary N) is 1. The number of hydrogen-bond acceptors (Lipinski definition) is 4. The maximum absolute atomic E-state index is 12.2. The van der Waals surface area contributed by atoms with Crippen LogP contribution < -0.4 is 15.8 Å². The highest BCUT2D eigenvalue weighted by atomic mass is 35.5. The lowest BCUT2D eigenvalue weighted by atomic mass is 10.0. The van der Waals surface area contributed by atoms with E-state index in [4.69, 9.17) is 22.1 Å². The van der Waals surface area contributed by atoms with Crippen LogP contribution in [0, 0.1) is 5.92 Å². The predicted octanol–water partition coefficient (Wildman–Crippen LogP) is 3.84. The van der Waals surface area contributed by atoms with Crippen LogP contribution in [-0.2, 0) is 4.79 Å². The number of rotatable bonds is 6. The van der Waals surface area contributed by atoms with E-state index in [1.807, 2.05) is 13.8 Å². The summed E-state index contributed by atoms with van der Waals surface area (Å²) < 4.78 is 5.70. The van der Waals surface area contributed by atoms with Crippen molar-refractivity contribution in [2.75, 3.05) is 5.32 Å². The summed E-state index contributed by atoms with van der Waals surface area (Å²) in [7, 11) is 0. The number of ether oxygens (including phenoxy) is 1. The molecule has 122 valence electrons. The van der Waals surface area contributed by atoms with Crippen molar-refractivity contribution < 1.29 is 9.53 Å². The second kappa shape index (κ2) is 7.94. The van der Waals surface area contributed by atoms with E-state index in [9.17, 15) is 4.79 Å². The highest BCUT2D eigenvalue weighted by Crippen LogP contribution is 2.27. The molecule has 0 fully saturated rings. The molecule has 0 aliphatic rings. The molecule has 1 aromatic carbocycles. The van der Waals surface area contributed by atoms with Crippen molar-refractivity contribution in [3.63, 3.8) is 0 Å². The fourth-order valence-electron chi connectivity index (χ4n) is 2.02. The third-order valence-electron chi connectivity index (χ3n) is 3.12. The second-order valence-electron chi connectivity index (χ2n) is 5.64. The van der Waals surface area contributed by atoms with Gasteiger partial charge in [0.2, 0.25) is 11.8 Å². The zero-order valence-electron chi connectivity index (χ0n) is 13.1. The van der Waals surface area contributed by atoms with Gasteiger partial charge in [-0.3, -0.25) is 4.79 Å². The number of amides is 1. The Balaban J connectivity index is 2.11. The van der Waals surface area contributed by atoms with Crippen LogP contribution in [0.15, 0.2) is 42.6 Å². The van der Waals surface area contributed by atoms with Gasteiger partial charge >= 0.3 is 0 Å². The molecule has 0 saturated carbocycles. The molecule has 1 aromatic heterocycles. The largest absolute Gasteiger partial charge is 0.437 e. The molecular formula is C17H20ClN3O2. The van der Waals surface area contributed by atoms with Crippen LogP contribution in [0.4, 0.5) is 5.69 Å². The average Bonchev–Trinajstić information content (AvgIpc) is 2.50. The molecule has 0 bridgehead atoms. The summed E-state index contributed by atoms with van der Waals surface area (Å²) in [6.45, 7) is 4.04. The number of aromatic nitrogens is 1. The first-order valence-electron chi connectivity index (χ1n) is 7.40. The summed E-state index contributed by atoms with van der Waals surface area (Å²) in [5.74, 6) is 0.970. The molecule has 1 amide bonds. The van der Waals surface area contributed by atoms with Crippen molar-refractivity contribution in [1.29, 1.82) is 0 Å². The lowest BCUT2D eigenvalue weighted by Crippen LogP contribution is -2.36. The van der Waals surface area contributed by atoms with Gasteiger partial charge < -0.3 is 15.8 Å². The van der Waals surface area contributed by atoms with Crippen molar-refractivity contribution in [3.05, 3.63) is 47.6 Å². The number of carbonyl (C=O) groups is 1. The van der Waals surface area contributed by atoms with Gasteiger partial charge in [-0.25, -0.2) is 4.98 Å². The lowest BCUT2D eigenvalue weighted by Gasteiger charge is -2.15. The Morgan fingerprint density at radius 3 is 2.65 bits per heavy atom. The minimum atomic E-state index is -0.571. The Hall–Kier alpha value is -2.11. The molecule has 2 rings (SSSR count). The maximum atomic E-state index is 12.2. The molecule has 0 unspecified atom stereocenters. The molecule has 23 heavy (non-hydrogen) atoms. The number of nitrogens with one attached hydrogen (secondary N) is 1. The zero-order valence-corrected chi connectivity index (χ0v) is 13.9. The van der Waals surface area contributed by atoms with Gasteiger partial charge in [0, 0.05) is 11.2 Å². The van der Waals surface area contributed by atoms with E-state index in [0.717, 1.165) is 0 Å². The van der Waals surface area contributed by atoms with E-state index in [1.165, 1.54) is 0 Å². The van der Waals surface area contributed by atoms with Gasteiger partial charge in [-0.2, -0.15) is 0 Å². The summed E-state index contributed by atoms with van der Waals surface area (Å²) in [4.78, 5) is 16.3. The second-order valence-corrected chi connectivity index (χ2v) is 6.07. The summed E-state index contributed by atoms with van der Waals surface area (Å²) in [5, 5.41) is 3.39. The number of pyridine rings is 1. The Kier molecular flexibility index (Phi) is 5.96.